The first-order valence-electron chi connectivity index (χ1n) is 6.33. The third kappa shape index (κ3) is 4.40. The molecule has 0 spiro atoms. The summed E-state index contributed by atoms with van der Waals surface area (Å²) < 4.78 is 11.3. The van der Waals surface area contributed by atoms with Crippen LogP contribution in [0.2, 0.25) is 0 Å². The summed E-state index contributed by atoms with van der Waals surface area (Å²) >= 11 is 0. The van der Waals surface area contributed by atoms with Gasteiger partial charge < -0.3 is 15.2 Å². The van der Waals surface area contributed by atoms with Gasteiger partial charge >= 0.3 is 0 Å². The fourth-order valence-corrected chi connectivity index (χ4v) is 1.96. The summed E-state index contributed by atoms with van der Waals surface area (Å²) in [5.41, 5.74) is 6.20. The maximum atomic E-state index is 6.08. The van der Waals surface area contributed by atoms with E-state index in [1.54, 1.807) is 7.11 Å². The summed E-state index contributed by atoms with van der Waals surface area (Å²) in [7, 11) is 1.79. The van der Waals surface area contributed by atoms with Gasteiger partial charge in [-0.1, -0.05) is 20.8 Å². The predicted octanol–water partition coefficient (Wildman–Crippen LogP) is 2.33. The van der Waals surface area contributed by atoms with Crippen molar-refractivity contribution in [3.05, 3.63) is 0 Å². The molecule has 3 atom stereocenters. The number of nitrogens with two attached hydrogens (primary N) is 1. The zero-order valence-electron chi connectivity index (χ0n) is 11.2. The molecule has 3 nitrogen and oxygen atoms in total. The van der Waals surface area contributed by atoms with E-state index in [4.69, 9.17) is 15.2 Å². The van der Waals surface area contributed by atoms with Gasteiger partial charge in [0.15, 0.2) is 0 Å². The van der Waals surface area contributed by atoms with Crippen LogP contribution >= 0.6 is 0 Å². The molecule has 0 heterocycles. The van der Waals surface area contributed by atoms with Gasteiger partial charge in [-0.3, -0.25) is 0 Å². The zero-order chi connectivity index (χ0) is 12.2. The summed E-state index contributed by atoms with van der Waals surface area (Å²) in [6.07, 6.45) is 5.26. The number of ether oxygens (including phenoxy) is 2. The first kappa shape index (κ1) is 13.9. The van der Waals surface area contributed by atoms with Crippen molar-refractivity contribution < 1.29 is 9.47 Å². The van der Waals surface area contributed by atoms with E-state index in [1.807, 2.05) is 0 Å². The minimum Gasteiger partial charge on any atom is -0.381 e. The average molecular weight is 229 g/mol. The molecule has 2 N–H and O–H groups in total. The van der Waals surface area contributed by atoms with Crippen LogP contribution in [-0.2, 0) is 9.47 Å². The lowest BCUT2D eigenvalue weighted by Crippen LogP contribution is -2.41. The SMILES string of the molecule is COC1CCCC(OCC(N)C(C)(C)C)C1. The van der Waals surface area contributed by atoms with Crippen LogP contribution in [0.5, 0.6) is 0 Å². The fraction of sp³-hybridized carbons (Fsp3) is 1.00. The van der Waals surface area contributed by atoms with Crippen molar-refractivity contribution in [2.45, 2.75) is 64.7 Å². The minimum atomic E-state index is 0.107. The highest BCUT2D eigenvalue weighted by atomic mass is 16.5. The molecule has 1 rings (SSSR count). The van der Waals surface area contributed by atoms with Gasteiger partial charge in [-0.05, 0) is 31.1 Å². The van der Waals surface area contributed by atoms with Crippen LogP contribution < -0.4 is 5.73 Å². The second-order valence-corrected chi connectivity index (χ2v) is 5.95. The standard InChI is InChI=1S/C13H27NO2/c1-13(2,3)12(14)9-16-11-7-5-6-10(8-11)15-4/h10-12H,5-9,14H2,1-4H3. The summed E-state index contributed by atoms with van der Waals surface area (Å²) in [5.74, 6) is 0. The van der Waals surface area contributed by atoms with Crippen LogP contribution in [0.3, 0.4) is 0 Å². The van der Waals surface area contributed by atoms with E-state index in [1.165, 1.54) is 12.8 Å². The Kier molecular flexibility index (Phi) is 5.22. The molecule has 0 radical (unpaired) electrons. The van der Waals surface area contributed by atoms with Crippen LogP contribution in [-0.4, -0.2) is 32.0 Å². The maximum Gasteiger partial charge on any atom is 0.0626 e. The lowest BCUT2D eigenvalue weighted by Gasteiger charge is -2.32. The molecule has 0 bridgehead atoms. The van der Waals surface area contributed by atoms with Crippen molar-refractivity contribution >= 4 is 0 Å². The molecular formula is C13H27NO2. The predicted molar refractivity (Wildman–Crippen MR) is 66.4 cm³/mol. The van der Waals surface area contributed by atoms with Crippen molar-refractivity contribution in [3.8, 4) is 0 Å². The van der Waals surface area contributed by atoms with Crippen LogP contribution in [0.25, 0.3) is 0 Å². The summed E-state index contributed by atoms with van der Waals surface area (Å²) in [6, 6.07) is 0.107. The second kappa shape index (κ2) is 5.99. The number of methoxy groups -OCH3 is 1. The molecule has 0 aliphatic heterocycles. The van der Waals surface area contributed by atoms with Gasteiger partial charge in [-0.2, -0.15) is 0 Å². The van der Waals surface area contributed by atoms with E-state index in [0.717, 1.165) is 12.8 Å². The molecule has 0 saturated heterocycles. The highest BCUT2D eigenvalue weighted by molar-refractivity contribution is 4.79. The first-order chi connectivity index (χ1) is 7.43. The highest BCUT2D eigenvalue weighted by Gasteiger charge is 2.25. The summed E-state index contributed by atoms with van der Waals surface area (Å²) in [4.78, 5) is 0. The van der Waals surface area contributed by atoms with Crippen molar-refractivity contribution in [2.24, 2.45) is 11.1 Å². The van der Waals surface area contributed by atoms with Crippen molar-refractivity contribution in [1.29, 1.82) is 0 Å². The van der Waals surface area contributed by atoms with E-state index in [9.17, 15) is 0 Å². The third-order valence-corrected chi connectivity index (χ3v) is 3.54. The number of hydrogen-bond donors (Lipinski definition) is 1. The van der Waals surface area contributed by atoms with Crippen molar-refractivity contribution in [1.82, 2.24) is 0 Å². The van der Waals surface area contributed by atoms with E-state index in [-0.39, 0.29) is 11.5 Å². The number of hydrogen-bond acceptors (Lipinski definition) is 3. The second-order valence-electron chi connectivity index (χ2n) is 5.95. The molecule has 0 amide bonds. The Morgan fingerprint density at radius 1 is 1.25 bits per heavy atom. The van der Waals surface area contributed by atoms with Gasteiger partial charge in [-0.25, -0.2) is 0 Å². The first-order valence-corrected chi connectivity index (χ1v) is 6.33. The molecule has 96 valence electrons. The van der Waals surface area contributed by atoms with Gasteiger partial charge in [0, 0.05) is 13.2 Å². The molecule has 0 aromatic carbocycles. The normalized spacial score (nSPS) is 29.1. The topological polar surface area (TPSA) is 44.5 Å². The molecule has 0 aromatic heterocycles. The van der Waals surface area contributed by atoms with Crippen LogP contribution in [0, 0.1) is 5.41 Å². The molecule has 0 aromatic rings. The Morgan fingerprint density at radius 2 is 1.88 bits per heavy atom. The van der Waals surface area contributed by atoms with Gasteiger partial charge in [0.2, 0.25) is 0 Å². The molecule has 1 saturated carbocycles. The largest absolute Gasteiger partial charge is 0.381 e. The molecular weight excluding hydrogens is 202 g/mol. The highest BCUT2D eigenvalue weighted by Crippen LogP contribution is 2.24. The molecule has 3 unspecified atom stereocenters. The smallest absolute Gasteiger partial charge is 0.0626 e. The Morgan fingerprint density at radius 3 is 2.44 bits per heavy atom. The molecule has 1 aliphatic rings. The molecule has 1 aliphatic carbocycles. The monoisotopic (exact) mass is 229 g/mol. The van der Waals surface area contributed by atoms with E-state index >= 15 is 0 Å². The van der Waals surface area contributed by atoms with Gasteiger partial charge in [-0.15, -0.1) is 0 Å². The van der Waals surface area contributed by atoms with Gasteiger partial charge in [0.1, 0.15) is 0 Å². The Labute approximate surface area is 99.7 Å². The van der Waals surface area contributed by atoms with Crippen molar-refractivity contribution in [3.63, 3.8) is 0 Å². The average Bonchev–Trinajstić information content (AvgIpc) is 2.25. The van der Waals surface area contributed by atoms with Gasteiger partial charge in [0.05, 0.1) is 18.8 Å². The molecule has 3 heteroatoms. The third-order valence-electron chi connectivity index (χ3n) is 3.54. The van der Waals surface area contributed by atoms with E-state index in [2.05, 4.69) is 20.8 Å². The van der Waals surface area contributed by atoms with Crippen LogP contribution in [0.1, 0.15) is 46.5 Å². The van der Waals surface area contributed by atoms with E-state index < -0.39 is 0 Å². The van der Waals surface area contributed by atoms with E-state index in [0.29, 0.717) is 18.8 Å². The minimum absolute atomic E-state index is 0.107. The van der Waals surface area contributed by atoms with Crippen molar-refractivity contribution in [2.75, 3.05) is 13.7 Å². The lowest BCUT2D eigenvalue weighted by atomic mass is 9.88. The van der Waals surface area contributed by atoms with Gasteiger partial charge in [0.25, 0.3) is 0 Å². The Bertz CT molecular complexity index is 201. The quantitative estimate of drug-likeness (QED) is 0.804. The molecule has 1 fully saturated rings. The Hall–Kier alpha value is -0.120. The maximum absolute atomic E-state index is 6.08. The summed E-state index contributed by atoms with van der Waals surface area (Å²) in [5, 5.41) is 0. The number of rotatable bonds is 4. The Balaban J connectivity index is 2.27. The fourth-order valence-electron chi connectivity index (χ4n) is 1.96. The van der Waals surface area contributed by atoms with Crippen LogP contribution in [0.4, 0.5) is 0 Å². The molecule has 16 heavy (non-hydrogen) atoms. The van der Waals surface area contributed by atoms with Crippen LogP contribution in [0.15, 0.2) is 0 Å². The lowest BCUT2D eigenvalue weighted by molar-refractivity contribution is -0.0399. The summed E-state index contributed by atoms with van der Waals surface area (Å²) in [6.45, 7) is 7.12. The zero-order valence-corrected chi connectivity index (χ0v) is 11.2.